The number of aryl methyl sites for hydroxylation is 3. The van der Waals surface area contributed by atoms with E-state index in [2.05, 4.69) is 36.1 Å². The number of hydrogen-bond donors (Lipinski definition) is 4. The number of anilines is 4. The molecule has 0 aliphatic heterocycles. The first-order valence-corrected chi connectivity index (χ1v) is 11.3. The molecule has 0 radical (unpaired) electrons. The summed E-state index contributed by atoms with van der Waals surface area (Å²) in [6.45, 7) is 5.74. The zero-order valence-electron chi connectivity index (χ0n) is 19.1. The summed E-state index contributed by atoms with van der Waals surface area (Å²) in [5, 5.41) is 27.0. The van der Waals surface area contributed by atoms with Gasteiger partial charge in [0, 0.05) is 51.9 Å². The number of non-ortho nitro benzene ring substituents is 1. The Balaban J connectivity index is 1.42. The second-order valence-corrected chi connectivity index (χ2v) is 8.72. The fourth-order valence-corrected chi connectivity index (χ4v) is 4.08. The Morgan fingerprint density at radius 2 is 1.74 bits per heavy atom. The summed E-state index contributed by atoms with van der Waals surface area (Å²) in [7, 11) is 0. The summed E-state index contributed by atoms with van der Waals surface area (Å²) < 4.78 is 0. The highest BCUT2D eigenvalue weighted by Crippen LogP contribution is 2.31. The van der Waals surface area contributed by atoms with Gasteiger partial charge in [0.25, 0.3) is 5.69 Å². The summed E-state index contributed by atoms with van der Waals surface area (Å²) in [5.41, 5.74) is 3.48. The molecular weight excluding hydrogens is 468 g/mol. The van der Waals surface area contributed by atoms with Crippen LogP contribution in [0.4, 0.5) is 33.5 Å². The smallest absolute Gasteiger partial charge is 0.323 e. The predicted molar refractivity (Wildman–Crippen MR) is 134 cm³/mol. The van der Waals surface area contributed by atoms with Crippen molar-refractivity contribution in [1.29, 1.82) is 0 Å². The van der Waals surface area contributed by atoms with Gasteiger partial charge in [-0.25, -0.2) is 14.8 Å². The normalized spacial score (nSPS) is 10.6. The van der Waals surface area contributed by atoms with Gasteiger partial charge in [-0.15, -0.1) is 0 Å². The molecule has 2 heterocycles. The summed E-state index contributed by atoms with van der Waals surface area (Å²) >= 11 is 1.41. The van der Waals surface area contributed by atoms with Gasteiger partial charge < -0.3 is 16.0 Å². The number of urea groups is 1. The van der Waals surface area contributed by atoms with Crippen LogP contribution in [0.15, 0.2) is 64.6 Å². The molecule has 2 aromatic heterocycles. The predicted octanol–water partition coefficient (Wildman–Crippen LogP) is 5.57. The number of nitrogens with one attached hydrogen (secondary N) is 4. The van der Waals surface area contributed by atoms with Crippen molar-refractivity contribution in [2.75, 3.05) is 16.0 Å². The van der Waals surface area contributed by atoms with Gasteiger partial charge in [0.05, 0.1) is 4.92 Å². The van der Waals surface area contributed by atoms with E-state index in [-0.39, 0.29) is 5.69 Å². The molecule has 2 amide bonds. The highest BCUT2D eigenvalue weighted by molar-refractivity contribution is 7.99. The van der Waals surface area contributed by atoms with E-state index in [0.717, 1.165) is 21.8 Å². The number of hydrogen-bond acceptors (Lipinski definition) is 8. The third kappa shape index (κ3) is 6.32. The molecule has 178 valence electrons. The van der Waals surface area contributed by atoms with Crippen molar-refractivity contribution in [2.45, 2.75) is 30.8 Å². The lowest BCUT2D eigenvalue weighted by molar-refractivity contribution is -0.384. The van der Waals surface area contributed by atoms with E-state index in [1.165, 1.54) is 30.0 Å². The fourth-order valence-electron chi connectivity index (χ4n) is 3.19. The Bertz CT molecular complexity index is 1410. The van der Waals surface area contributed by atoms with Crippen LogP contribution in [-0.2, 0) is 0 Å². The molecule has 0 fully saturated rings. The van der Waals surface area contributed by atoms with Gasteiger partial charge in [-0.3, -0.25) is 15.2 Å². The average molecular weight is 491 g/mol. The Morgan fingerprint density at radius 3 is 2.43 bits per heavy atom. The minimum absolute atomic E-state index is 0.101. The fraction of sp³-hybridized carbons (Fsp3) is 0.130. The van der Waals surface area contributed by atoms with Crippen LogP contribution in [0.1, 0.15) is 17.0 Å². The van der Waals surface area contributed by atoms with E-state index in [1.807, 2.05) is 45.0 Å². The molecule has 11 nitrogen and oxygen atoms in total. The first-order chi connectivity index (χ1) is 16.7. The van der Waals surface area contributed by atoms with Crippen LogP contribution >= 0.6 is 11.8 Å². The van der Waals surface area contributed by atoms with Crippen LogP contribution < -0.4 is 16.0 Å². The number of H-pyrrole nitrogens is 1. The minimum atomic E-state index is -0.516. The monoisotopic (exact) mass is 490 g/mol. The number of nitro groups is 1. The number of aromatic amines is 1. The van der Waals surface area contributed by atoms with Crippen molar-refractivity contribution in [2.24, 2.45) is 0 Å². The maximum absolute atomic E-state index is 12.3. The van der Waals surface area contributed by atoms with E-state index in [4.69, 9.17) is 0 Å². The Hall–Kier alpha value is -4.45. The Labute approximate surface area is 204 Å². The van der Waals surface area contributed by atoms with Crippen LogP contribution in [-0.4, -0.2) is 31.1 Å². The maximum atomic E-state index is 12.3. The van der Waals surface area contributed by atoms with E-state index in [9.17, 15) is 14.9 Å². The molecule has 0 unspecified atom stereocenters. The molecule has 0 aliphatic rings. The van der Waals surface area contributed by atoms with Gasteiger partial charge in [0.1, 0.15) is 5.82 Å². The maximum Gasteiger partial charge on any atom is 0.323 e. The van der Waals surface area contributed by atoms with Crippen LogP contribution in [0.5, 0.6) is 0 Å². The number of nitro benzene ring substituents is 1. The van der Waals surface area contributed by atoms with Crippen LogP contribution in [0, 0.1) is 30.9 Å². The summed E-state index contributed by atoms with van der Waals surface area (Å²) in [6, 6.07) is 14.4. The second-order valence-electron chi connectivity index (χ2n) is 7.71. The lowest BCUT2D eigenvalue weighted by Crippen LogP contribution is -2.19. The third-order valence-electron chi connectivity index (χ3n) is 4.74. The highest BCUT2D eigenvalue weighted by atomic mass is 32.2. The van der Waals surface area contributed by atoms with Gasteiger partial charge in [0.2, 0.25) is 0 Å². The van der Waals surface area contributed by atoms with Gasteiger partial charge in [-0.1, -0.05) is 6.07 Å². The number of carbonyl (C=O) groups is 1. The number of aromatic nitrogens is 4. The molecule has 0 saturated carbocycles. The lowest BCUT2D eigenvalue weighted by Gasteiger charge is -2.11. The molecule has 0 atom stereocenters. The lowest BCUT2D eigenvalue weighted by atomic mass is 10.2. The highest BCUT2D eigenvalue weighted by Gasteiger charge is 2.11. The SMILES string of the molecule is Cc1cc(Nc2cc(C)[nH]n2)nc(Sc2ccc(NC(=O)Nc3cccc([N+](=O)[O-])c3)cc2C)n1. The molecule has 0 spiro atoms. The zero-order chi connectivity index (χ0) is 24.9. The number of benzene rings is 2. The second kappa shape index (κ2) is 10.2. The number of nitrogens with zero attached hydrogens (tertiary/aromatic N) is 4. The van der Waals surface area contributed by atoms with Gasteiger partial charge in [-0.05, 0) is 62.4 Å². The van der Waals surface area contributed by atoms with Crippen molar-refractivity contribution >= 4 is 46.5 Å². The Morgan fingerprint density at radius 1 is 0.971 bits per heavy atom. The van der Waals surface area contributed by atoms with E-state index in [0.29, 0.717) is 28.2 Å². The number of carbonyl (C=O) groups excluding carboxylic acids is 1. The molecule has 2 aromatic carbocycles. The molecule has 4 rings (SSSR count). The van der Waals surface area contributed by atoms with Crippen molar-refractivity contribution in [3.63, 3.8) is 0 Å². The number of amides is 2. The average Bonchev–Trinajstić information content (AvgIpc) is 3.19. The third-order valence-corrected chi connectivity index (χ3v) is 5.79. The molecule has 4 N–H and O–H groups in total. The molecule has 4 aromatic rings. The first-order valence-electron chi connectivity index (χ1n) is 10.5. The summed E-state index contributed by atoms with van der Waals surface area (Å²) in [4.78, 5) is 32.8. The minimum Gasteiger partial charge on any atom is -0.323 e. The molecule has 35 heavy (non-hydrogen) atoms. The van der Waals surface area contributed by atoms with E-state index >= 15 is 0 Å². The molecule has 12 heteroatoms. The van der Waals surface area contributed by atoms with Crippen LogP contribution in [0.2, 0.25) is 0 Å². The van der Waals surface area contributed by atoms with Gasteiger partial charge in [0.15, 0.2) is 11.0 Å². The first kappa shape index (κ1) is 23.7. The molecule has 0 bridgehead atoms. The van der Waals surface area contributed by atoms with Crippen molar-refractivity contribution < 1.29 is 9.72 Å². The van der Waals surface area contributed by atoms with Gasteiger partial charge >= 0.3 is 6.03 Å². The summed E-state index contributed by atoms with van der Waals surface area (Å²) in [6.07, 6.45) is 0. The van der Waals surface area contributed by atoms with Crippen molar-refractivity contribution in [3.8, 4) is 0 Å². The quantitative estimate of drug-likeness (QED) is 0.149. The van der Waals surface area contributed by atoms with Crippen molar-refractivity contribution in [1.82, 2.24) is 20.2 Å². The van der Waals surface area contributed by atoms with Gasteiger partial charge in [-0.2, -0.15) is 5.10 Å². The largest absolute Gasteiger partial charge is 0.323 e. The molecular formula is C23H22N8O3S. The topological polar surface area (TPSA) is 151 Å². The van der Waals surface area contributed by atoms with Crippen LogP contribution in [0.3, 0.4) is 0 Å². The Kier molecular flexibility index (Phi) is 6.92. The van der Waals surface area contributed by atoms with E-state index < -0.39 is 11.0 Å². The molecule has 0 saturated heterocycles. The van der Waals surface area contributed by atoms with E-state index in [1.54, 1.807) is 12.1 Å². The van der Waals surface area contributed by atoms with Crippen LogP contribution in [0.25, 0.3) is 0 Å². The standard InChI is InChI=1S/C23H22N8O3S/c1-13-9-17(26-22(32)25-16-5-4-6-18(12-16)31(33)34)7-8-19(13)35-23-24-14(2)10-20(28-23)27-21-11-15(3)29-30-21/h4-12H,1-3H3,(H2,25,26,32)(H2,24,27,28,29,30). The number of rotatable bonds is 7. The molecule has 0 aliphatic carbocycles. The summed E-state index contributed by atoms with van der Waals surface area (Å²) in [5.74, 6) is 1.31. The zero-order valence-corrected chi connectivity index (χ0v) is 19.9. The van der Waals surface area contributed by atoms with Crippen molar-refractivity contribution in [3.05, 3.63) is 81.7 Å².